The van der Waals surface area contributed by atoms with Crippen LogP contribution in [0.25, 0.3) is 0 Å². The first-order valence-electron chi connectivity index (χ1n) is 4.91. The van der Waals surface area contributed by atoms with Crippen molar-refractivity contribution in [3.8, 4) is 0 Å². The maximum Gasteiger partial charge on any atom is 0.321 e. The number of halogens is 1. The minimum Gasteiger partial charge on any atom is -0.468 e. The van der Waals surface area contributed by atoms with Gasteiger partial charge in [0.25, 0.3) is 5.69 Å². The summed E-state index contributed by atoms with van der Waals surface area (Å²) in [4.78, 5) is 33.4. The topological polar surface area (TPSA) is 86.5 Å². The molecule has 1 atom stereocenters. The summed E-state index contributed by atoms with van der Waals surface area (Å²) in [5, 5.41) is 10.9. The van der Waals surface area contributed by atoms with Gasteiger partial charge in [-0.3, -0.25) is 19.7 Å². The number of ether oxygens (including phenoxy) is 1. The zero-order valence-electron chi connectivity index (χ0n) is 9.68. The van der Waals surface area contributed by atoms with E-state index >= 15 is 0 Å². The van der Waals surface area contributed by atoms with E-state index in [2.05, 4.69) is 20.7 Å². The maximum atomic E-state index is 11.6. The van der Waals surface area contributed by atoms with Crippen molar-refractivity contribution in [2.24, 2.45) is 0 Å². The molecule has 0 radical (unpaired) electrons. The van der Waals surface area contributed by atoms with Crippen LogP contribution in [-0.4, -0.2) is 23.8 Å². The van der Waals surface area contributed by atoms with Gasteiger partial charge in [-0.25, -0.2) is 0 Å². The van der Waals surface area contributed by atoms with Gasteiger partial charge in [-0.2, -0.15) is 0 Å². The standard InChI is InChI=1S/C11H10BrNO5/c1-6(14)9(11(15)18-2)10-7(12)4-3-5-8(10)13(16)17/h3-5,9H,1-2H3. The highest BCUT2D eigenvalue weighted by molar-refractivity contribution is 9.10. The average molecular weight is 316 g/mol. The van der Waals surface area contributed by atoms with Crippen molar-refractivity contribution in [3.05, 3.63) is 38.3 Å². The molecule has 0 aromatic heterocycles. The lowest BCUT2D eigenvalue weighted by Gasteiger charge is -2.13. The zero-order valence-corrected chi connectivity index (χ0v) is 11.3. The van der Waals surface area contributed by atoms with Gasteiger partial charge in [0.05, 0.1) is 17.6 Å². The van der Waals surface area contributed by atoms with Crippen molar-refractivity contribution in [2.45, 2.75) is 12.8 Å². The molecule has 18 heavy (non-hydrogen) atoms. The van der Waals surface area contributed by atoms with Crippen LogP contribution in [0, 0.1) is 10.1 Å². The second-order valence-electron chi connectivity index (χ2n) is 3.50. The Labute approximate surface area is 111 Å². The van der Waals surface area contributed by atoms with Crippen molar-refractivity contribution >= 4 is 33.4 Å². The van der Waals surface area contributed by atoms with Gasteiger partial charge in [0, 0.05) is 10.5 Å². The Bertz CT molecular complexity index is 514. The molecule has 0 aliphatic rings. The van der Waals surface area contributed by atoms with Crippen LogP contribution in [0.5, 0.6) is 0 Å². The summed E-state index contributed by atoms with van der Waals surface area (Å²) < 4.78 is 4.84. The first-order valence-corrected chi connectivity index (χ1v) is 5.70. The molecule has 0 fully saturated rings. The molecule has 1 aromatic carbocycles. The van der Waals surface area contributed by atoms with Crippen molar-refractivity contribution in [3.63, 3.8) is 0 Å². The van der Waals surface area contributed by atoms with Crippen molar-refractivity contribution in [2.75, 3.05) is 7.11 Å². The summed E-state index contributed by atoms with van der Waals surface area (Å²) in [5.74, 6) is -2.64. The molecule has 1 aromatic rings. The predicted octanol–water partition coefficient (Wildman–Crippen LogP) is 2.20. The Morgan fingerprint density at radius 2 is 2.06 bits per heavy atom. The number of rotatable bonds is 4. The molecule has 0 amide bonds. The molecular formula is C11H10BrNO5. The number of nitro benzene ring substituents is 1. The minimum absolute atomic E-state index is 0.0156. The number of carbonyl (C=O) groups is 2. The Morgan fingerprint density at radius 1 is 1.44 bits per heavy atom. The molecule has 1 rings (SSSR count). The molecule has 0 N–H and O–H groups in total. The highest BCUT2D eigenvalue weighted by atomic mass is 79.9. The van der Waals surface area contributed by atoms with E-state index in [9.17, 15) is 19.7 Å². The molecule has 0 heterocycles. The van der Waals surface area contributed by atoms with E-state index in [4.69, 9.17) is 0 Å². The number of nitro groups is 1. The number of hydrogen-bond donors (Lipinski definition) is 0. The second kappa shape index (κ2) is 5.72. The molecule has 7 heteroatoms. The SMILES string of the molecule is COC(=O)C(C(C)=O)c1c(Br)cccc1[N+](=O)[O-]. The smallest absolute Gasteiger partial charge is 0.321 e. The molecule has 0 saturated heterocycles. The summed E-state index contributed by atoms with van der Waals surface area (Å²) >= 11 is 3.12. The molecule has 0 aliphatic heterocycles. The van der Waals surface area contributed by atoms with Crippen molar-refractivity contribution < 1.29 is 19.2 Å². The Hall–Kier alpha value is -1.76. The van der Waals surface area contributed by atoms with Crippen LogP contribution in [0.1, 0.15) is 18.4 Å². The van der Waals surface area contributed by atoms with Gasteiger partial charge in [0.2, 0.25) is 0 Å². The van der Waals surface area contributed by atoms with Crippen LogP contribution < -0.4 is 0 Å². The van der Waals surface area contributed by atoms with E-state index in [0.717, 1.165) is 7.11 Å². The third-order valence-electron chi connectivity index (χ3n) is 2.36. The minimum atomic E-state index is -1.30. The number of carbonyl (C=O) groups excluding carboxylic acids is 2. The maximum absolute atomic E-state index is 11.6. The number of methoxy groups -OCH3 is 1. The first kappa shape index (κ1) is 14.3. The number of benzene rings is 1. The lowest BCUT2D eigenvalue weighted by molar-refractivity contribution is -0.385. The number of nitrogens with zero attached hydrogens (tertiary/aromatic N) is 1. The highest BCUT2D eigenvalue weighted by Crippen LogP contribution is 2.34. The first-order chi connectivity index (χ1) is 8.40. The lowest BCUT2D eigenvalue weighted by atomic mass is 9.94. The predicted molar refractivity (Wildman–Crippen MR) is 66.2 cm³/mol. The fraction of sp³-hybridized carbons (Fsp3) is 0.273. The Balaban J connectivity index is 3.49. The number of Topliss-reactive ketones (excluding diaryl/α,β-unsaturated/α-hetero) is 1. The molecule has 0 bridgehead atoms. The van der Waals surface area contributed by atoms with Crippen LogP contribution in [0.15, 0.2) is 22.7 Å². The van der Waals surface area contributed by atoms with Crippen molar-refractivity contribution in [1.29, 1.82) is 0 Å². The van der Waals surface area contributed by atoms with Gasteiger partial charge in [0.15, 0.2) is 0 Å². The molecule has 0 aliphatic carbocycles. The highest BCUT2D eigenvalue weighted by Gasteiger charge is 2.34. The van der Waals surface area contributed by atoms with Gasteiger partial charge >= 0.3 is 5.97 Å². The van der Waals surface area contributed by atoms with E-state index in [1.54, 1.807) is 0 Å². The summed E-state index contributed by atoms with van der Waals surface area (Å²) in [6, 6.07) is 4.22. The lowest BCUT2D eigenvalue weighted by Crippen LogP contribution is -2.22. The van der Waals surface area contributed by atoms with E-state index in [-0.39, 0.29) is 11.3 Å². The van der Waals surface area contributed by atoms with E-state index in [0.29, 0.717) is 4.47 Å². The molecular weight excluding hydrogens is 306 g/mol. The third-order valence-corrected chi connectivity index (χ3v) is 3.05. The summed E-state index contributed by atoms with van der Waals surface area (Å²) in [6.07, 6.45) is 0. The second-order valence-corrected chi connectivity index (χ2v) is 4.35. The monoisotopic (exact) mass is 315 g/mol. The molecule has 0 saturated carbocycles. The molecule has 0 spiro atoms. The Morgan fingerprint density at radius 3 is 2.50 bits per heavy atom. The van der Waals surface area contributed by atoms with E-state index < -0.39 is 22.6 Å². The van der Waals surface area contributed by atoms with Gasteiger partial charge in [-0.15, -0.1) is 0 Å². The average Bonchev–Trinajstić information content (AvgIpc) is 2.30. The van der Waals surface area contributed by atoms with Gasteiger partial charge < -0.3 is 4.74 Å². The van der Waals surface area contributed by atoms with Crippen LogP contribution in [0.4, 0.5) is 5.69 Å². The van der Waals surface area contributed by atoms with Gasteiger partial charge in [-0.05, 0) is 13.0 Å². The largest absolute Gasteiger partial charge is 0.468 e. The zero-order chi connectivity index (χ0) is 13.9. The number of esters is 1. The van der Waals surface area contributed by atoms with Crippen LogP contribution in [0.2, 0.25) is 0 Å². The van der Waals surface area contributed by atoms with Gasteiger partial charge in [0.1, 0.15) is 11.7 Å². The molecule has 96 valence electrons. The van der Waals surface area contributed by atoms with Crippen LogP contribution >= 0.6 is 15.9 Å². The summed E-state index contributed by atoms with van der Waals surface area (Å²) in [6.45, 7) is 1.19. The Kier molecular flexibility index (Phi) is 4.55. The summed E-state index contributed by atoms with van der Waals surface area (Å²) in [5.41, 5.74) is -0.281. The van der Waals surface area contributed by atoms with E-state index in [1.165, 1.54) is 25.1 Å². The summed E-state index contributed by atoms with van der Waals surface area (Å²) in [7, 11) is 1.13. The number of hydrogen-bond acceptors (Lipinski definition) is 5. The fourth-order valence-electron chi connectivity index (χ4n) is 1.58. The van der Waals surface area contributed by atoms with Gasteiger partial charge in [-0.1, -0.05) is 22.0 Å². The van der Waals surface area contributed by atoms with Crippen LogP contribution in [0.3, 0.4) is 0 Å². The van der Waals surface area contributed by atoms with Crippen molar-refractivity contribution in [1.82, 2.24) is 0 Å². The quantitative estimate of drug-likeness (QED) is 0.368. The fourth-order valence-corrected chi connectivity index (χ4v) is 2.16. The van der Waals surface area contributed by atoms with E-state index in [1.807, 2.05) is 0 Å². The normalized spacial score (nSPS) is 11.7. The molecule has 6 nitrogen and oxygen atoms in total. The van der Waals surface area contributed by atoms with Crippen LogP contribution in [-0.2, 0) is 14.3 Å². The molecule has 1 unspecified atom stereocenters. The number of ketones is 1. The third kappa shape index (κ3) is 2.73.